The number of carbonyl (C=O) groups excluding carboxylic acids is 2. The third-order valence-corrected chi connectivity index (χ3v) is 3.95. The van der Waals surface area contributed by atoms with Crippen molar-refractivity contribution in [3.05, 3.63) is 12.2 Å². The van der Waals surface area contributed by atoms with E-state index in [1.54, 1.807) is 4.90 Å². The van der Waals surface area contributed by atoms with Gasteiger partial charge in [0.05, 0.1) is 13.1 Å². The fourth-order valence-corrected chi connectivity index (χ4v) is 2.79. The molecule has 0 spiro atoms. The van der Waals surface area contributed by atoms with Gasteiger partial charge in [0.2, 0.25) is 11.8 Å². The van der Waals surface area contributed by atoms with Crippen LogP contribution in [0.5, 0.6) is 0 Å². The molecule has 2 heterocycles. The Morgan fingerprint density at radius 2 is 2.14 bits per heavy atom. The maximum Gasteiger partial charge on any atom is 0.243 e. The third kappa shape index (κ3) is 2.91. The minimum absolute atomic E-state index is 0.0352. The molecule has 21 heavy (non-hydrogen) atoms. The molecule has 1 unspecified atom stereocenters. The van der Waals surface area contributed by atoms with Crippen LogP contribution in [0.2, 0.25) is 0 Å². The highest BCUT2D eigenvalue weighted by Crippen LogP contribution is 2.36. The number of piperazine rings is 1. The van der Waals surface area contributed by atoms with Crippen LogP contribution in [0.15, 0.2) is 6.33 Å². The van der Waals surface area contributed by atoms with E-state index >= 15 is 0 Å². The van der Waals surface area contributed by atoms with E-state index in [9.17, 15) is 9.59 Å². The van der Waals surface area contributed by atoms with Gasteiger partial charge in [-0.1, -0.05) is 13.8 Å². The van der Waals surface area contributed by atoms with Crippen molar-refractivity contribution in [2.75, 3.05) is 6.54 Å². The van der Waals surface area contributed by atoms with Gasteiger partial charge in [-0.25, -0.2) is 9.67 Å². The van der Waals surface area contributed by atoms with Crippen LogP contribution in [0, 0.1) is 11.8 Å². The summed E-state index contributed by atoms with van der Waals surface area (Å²) in [5.41, 5.74) is 0. The monoisotopic (exact) mass is 291 g/mol. The zero-order valence-corrected chi connectivity index (χ0v) is 12.5. The van der Waals surface area contributed by atoms with Crippen LogP contribution in [0.4, 0.5) is 0 Å². The summed E-state index contributed by atoms with van der Waals surface area (Å²) >= 11 is 0. The highest BCUT2D eigenvalue weighted by molar-refractivity contribution is 5.95. The Morgan fingerprint density at radius 3 is 2.81 bits per heavy atom. The zero-order chi connectivity index (χ0) is 15.0. The van der Waals surface area contributed by atoms with Crippen LogP contribution in [0.3, 0.4) is 0 Å². The Balaban J connectivity index is 1.79. The van der Waals surface area contributed by atoms with E-state index in [2.05, 4.69) is 29.2 Å². The van der Waals surface area contributed by atoms with Gasteiger partial charge >= 0.3 is 0 Å². The molecule has 7 nitrogen and oxygen atoms in total. The van der Waals surface area contributed by atoms with Crippen LogP contribution < -0.4 is 5.32 Å². The second-order valence-corrected chi connectivity index (χ2v) is 6.27. The van der Waals surface area contributed by atoms with E-state index in [0.29, 0.717) is 18.4 Å². The van der Waals surface area contributed by atoms with Gasteiger partial charge in [0.25, 0.3) is 0 Å². The molecule has 1 aromatic rings. The van der Waals surface area contributed by atoms with Crippen molar-refractivity contribution < 1.29 is 9.59 Å². The van der Waals surface area contributed by atoms with Gasteiger partial charge in [-0.05, 0) is 24.7 Å². The quantitative estimate of drug-likeness (QED) is 0.838. The first kappa shape index (κ1) is 14.0. The SMILES string of the molecule is CC(C)Cn1ncnc1CN1C(=O)CNC(=O)C1C1CC1. The molecule has 1 saturated carbocycles. The highest BCUT2D eigenvalue weighted by Gasteiger charge is 2.44. The van der Waals surface area contributed by atoms with Crippen LogP contribution >= 0.6 is 0 Å². The maximum absolute atomic E-state index is 12.2. The van der Waals surface area contributed by atoms with Crippen LogP contribution in [0.25, 0.3) is 0 Å². The summed E-state index contributed by atoms with van der Waals surface area (Å²) in [5, 5.41) is 6.91. The van der Waals surface area contributed by atoms with Crippen LogP contribution in [0.1, 0.15) is 32.5 Å². The van der Waals surface area contributed by atoms with Crippen LogP contribution in [-0.4, -0.2) is 44.1 Å². The second kappa shape index (κ2) is 5.46. The summed E-state index contributed by atoms with van der Waals surface area (Å²) in [6.45, 7) is 5.42. The first-order chi connectivity index (χ1) is 10.1. The number of hydrogen-bond acceptors (Lipinski definition) is 4. The van der Waals surface area contributed by atoms with Gasteiger partial charge in [-0.15, -0.1) is 0 Å². The number of aromatic nitrogens is 3. The van der Waals surface area contributed by atoms with Gasteiger partial charge in [-0.3, -0.25) is 9.59 Å². The number of nitrogens with one attached hydrogen (secondary N) is 1. The summed E-state index contributed by atoms with van der Waals surface area (Å²) in [6.07, 6.45) is 3.54. The standard InChI is InChI=1S/C14H21N5O2/c1-9(2)6-19-11(16-8-17-19)7-18-12(20)5-15-14(21)13(18)10-3-4-10/h8-10,13H,3-7H2,1-2H3,(H,15,21). The average Bonchev–Trinajstić information content (AvgIpc) is 3.16. The van der Waals surface area contributed by atoms with E-state index in [-0.39, 0.29) is 24.4 Å². The van der Waals surface area contributed by atoms with Crippen molar-refractivity contribution in [3.63, 3.8) is 0 Å². The van der Waals surface area contributed by atoms with Crippen molar-refractivity contribution in [1.29, 1.82) is 0 Å². The topological polar surface area (TPSA) is 80.1 Å². The van der Waals surface area contributed by atoms with Crippen molar-refractivity contribution in [2.45, 2.75) is 45.8 Å². The predicted molar refractivity (Wildman–Crippen MR) is 74.9 cm³/mol. The molecule has 0 bridgehead atoms. The van der Waals surface area contributed by atoms with E-state index in [1.807, 2.05) is 4.68 Å². The van der Waals surface area contributed by atoms with Crippen molar-refractivity contribution >= 4 is 11.8 Å². The van der Waals surface area contributed by atoms with E-state index < -0.39 is 0 Å². The lowest BCUT2D eigenvalue weighted by molar-refractivity contribution is -0.147. The predicted octanol–water partition coefficient (Wildman–Crippen LogP) is 0.171. The van der Waals surface area contributed by atoms with E-state index in [4.69, 9.17) is 0 Å². The number of amides is 2. The first-order valence-corrected chi connectivity index (χ1v) is 7.50. The Hall–Kier alpha value is -1.92. The summed E-state index contributed by atoms with van der Waals surface area (Å²) < 4.78 is 1.83. The lowest BCUT2D eigenvalue weighted by atomic mass is 10.1. The Morgan fingerprint density at radius 1 is 1.38 bits per heavy atom. The second-order valence-electron chi connectivity index (χ2n) is 6.27. The molecule has 1 aliphatic carbocycles. The van der Waals surface area contributed by atoms with Crippen LogP contribution in [-0.2, 0) is 22.7 Å². The number of rotatable bonds is 5. The molecular weight excluding hydrogens is 270 g/mol. The lowest BCUT2D eigenvalue weighted by Gasteiger charge is -2.34. The van der Waals surface area contributed by atoms with Gasteiger partial charge in [-0.2, -0.15) is 5.10 Å². The molecule has 7 heteroatoms. The summed E-state index contributed by atoms with van der Waals surface area (Å²) in [7, 11) is 0. The molecular formula is C14H21N5O2. The lowest BCUT2D eigenvalue weighted by Crippen LogP contribution is -2.59. The van der Waals surface area contributed by atoms with Gasteiger partial charge < -0.3 is 10.2 Å². The van der Waals surface area contributed by atoms with Crippen molar-refractivity contribution in [1.82, 2.24) is 25.0 Å². The van der Waals surface area contributed by atoms with E-state index in [1.165, 1.54) is 6.33 Å². The normalized spacial score (nSPS) is 22.8. The molecule has 114 valence electrons. The fraction of sp³-hybridized carbons (Fsp3) is 0.714. The molecule has 2 amide bonds. The summed E-state index contributed by atoms with van der Waals surface area (Å²) in [5.74, 6) is 1.43. The molecule has 1 aromatic heterocycles. The molecule has 2 aliphatic rings. The molecule has 0 aromatic carbocycles. The van der Waals surface area contributed by atoms with Gasteiger partial charge in [0.15, 0.2) is 0 Å². The molecule has 0 radical (unpaired) electrons. The molecule has 1 aliphatic heterocycles. The highest BCUT2D eigenvalue weighted by atomic mass is 16.2. The van der Waals surface area contributed by atoms with Gasteiger partial charge in [0.1, 0.15) is 18.2 Å². The number of hydrogen-bond donors (Lipinski definition) is 1. The minimum atomic E-state index is -0.338. The van der Waals surface area contributed by atoms with Crippen molar-refractivity contribution in [3.8, 4) is 0 Å². The first-order valence-electron chi connectivity index (χ1n) is 7.50. The molecule has 1 atom stereocenters. The van der Waals surface area contributed by atoms with E-state index in [0.717, 1.165) is 25.2 Å². The molecule has 1 N–H and O–H groups in total. The molecule has 3 rings (SSSR count). The number of nitrogens with zero attached hydrogens (tertiary/aromatic N) is 4. The largest absolute Gasteiger partial charge is 0.345 e. The third-order valence-electron chi connectivity index (χ3n) is 3.95. The minimum Gasteiger partial charge on any atom is -0.345 e. The Kier molecular flexibility index (Phi) is 3.65. The molecule has 1 saturated heterocycles. The van der Waals surface area contributed by atoms with Crippen molar-refractivity contribution in [2.24, 2.45) is 11.8 Å². The Bertz CT molecular complexity index is 549. The summed E-state index contributed by atoms with van der Waals surface area (Å²) in [4.78, 5) is 30.2. The zero-order valence-electron chi connectivity index (χ0n) is 12.5. The smallest absolute Gasteiger partial charge is 0.243 e. The molecule has 2 fully saturated rings. The van der Waals surface area contributed by atoms with Gasteiger partial charge in [0, 0.05) is 6.54 Å². The maximum atomic E-state index is 12.2. The fourth-order valence-electron chi connectivity index (χ4n) is 2.79. The Labute approximate surface area is 123 Å². The number of carbonyl (C=O) groups is 2. The average molecular weight is 291 g/mol. The summed E-state index contributed by atoms with van der Waals surface area (Å²) in [6, 6.07) is -0.338.